The lowest BCUT2D eigenvalue weighted by Gasteiger charge is -2.07. The highest BCUT2D eigenvalue weighted by Crippen LogP contribution is 2.12. The maximum atomic E-state index is 11.6. The molecule has 0 radical (unpaired) electrons. The van der Waals surface area contributed by atoms with Gasteiger partial charge >= 0.3 is 0 Å². The van der Waals surface area contributed by atoms with Crippen molar-refractivity contribution in [2.75, 3.05) is 13.2 Å². The van der Waals surface area contributed by atoms with Crippen LogP contribution in [-0.2, 0) is 16.1 Å². The van der Waals surface area contributed by atoms with Crippen molar-refractivity contribution in [3.8, 4) is 0 Å². The van der Waals surface area contributed by atoms with Crippen LogP contribution in [-0.4, -0.2) is 19.1 Å². The third kappa shape index (κ3) is 2.33. The minimum atomic E-state index is 0.0636. The molecule has 2 rings (SSSR count). The Labute approximate surface area is 87.1 Å². The first kappa shape index (κ1) is 9.68. The Morgan fingerprint density at radius 1 is 1.71 bits per heavy atom. The van der Waals surface area contributed by atoms with Crippen LogP contribution in [0.5, 0.6) is 0 Å². The highest BCUT2D eigenvalue weighted by Gasteiger charge is 2.22. The third-order valence-corrected chi connectivity index (χ3v) is 3.08. The van der Waals surface area contributed by atoms with Gasteiger partial charge in [-0.05, 0) is 28.8 Å². The average Bonchev–Trinajstić information content (AvgIpc) is 2.87. The summed E-state index contributed by atoms with van der Waals surface area (Å²) in [6, 6.07) is 2.02. The van der Waals surface area contributed by atoms with E-state index in [0.717, 1.165) is 13.0 Å². The molecular weight excluding hydrogens is 198 g/mol. The molecule has 0 aromatic carbocycles. The molecular formula is C10H13NO2S. The predicted molar refractivity (Wildman–Crippen MR) is 55.1 cm³/mol. The number of hydrogen-bond acceptors (Lipinski definition) is 3. The third-order valence-electron chi connectivity index (χ3n) is 2.35. The summed E-state index contributed by atoms with van der Waals surface area (Å²) in [5.74, 6) is 0.183. The van der Waals surface area contributed by atoms with Crippen molar-refractivity contribution in [1.29, 1.82) is 0 Å². The van der Waals surface area contributed by atoms with Gasteiger partial charge in [0, 0.05) is 13.2 Å². The van der Waals surface area contributed by atoms with Gasteiger partial charge in [0.1, 0.15) is 0 Å². The minimum Gasteiger partial charge on any atom is -0.381 e. The summed E-state index contributed by atoms with van der Waals surface area (Å²) >= 11 is 1.65. The van der Waals surface area contributed by atoms with Gasteiger partial charge in [0.15, 0.2) is 0 Å². The molecule has 0 saturated carbocycles. The van der Waals surface area contributed by atoms with Gasteiger partial charge in [-0.1, -0.05) is 0 Å². The Balaban J connectivity index is 1.77. The van der Waals surface area contributed by atoms with Crippen LogP contribution in [0, 0.1) is 5.92 Å². The number of carbonyl (C=O) groups is 1. The van der Waals surface area contributed by atoms with E-state index in [9.17, 15) is 4.79 Å². The Bertz CT molecular complexity index is 291. The maximum absolute atomic E-state index is 11.6. The number of nitrogens with one attached hydrogen (secondary N) is 1. The van der Waals surface area contributed by atoms with Gasteiger partial charge in [0.05, 0.1) is 12.5 Å². The lowest BCUT2D eigenvalue weighted by Crippen LogP contribution is -2.30. The Morgan fingerprint density at radius 3 is 3.29 bits per heavy atom. The summed E-state index contributed by atoms with van der Waals surface area (Å²) in [6.07, 6.45) is 0.857. The monoisotopic (exact) mass is 211 g/mol. The molecule has 1 fully saturated rings. The van der Waals surface area contributed by atoms with Gasteiger partial charge in [0.2, 0.25) is 5.91 Å². The lowest BCUT2D eigenvalue weighted by atomic mass is 10.1. The summed E-state index contributed by atoms with van der Waals surface area (Å²) in [6.45, 7) is 1.94. The van der Waals surface area contributed by atoms with Crippen LogP contribution in [0.1, 0.15) is 12.0 Å². The number of carbonyl (C=O) groups excluding carboxylic acids is 1. The SMILES string of the molecule is O=C(NCc1ccsc1)[C@@H]1CCOC1. The molecule has 3 nitrogen and oxygen atoms in total. The highest BCUT2D eigenvalue weighted by molar-refractivity contribution is 7.07. The smallest absolute Gasteiger partial charge is 0.225 e. The largest absolute Gasteiger partial charge is 0.381 e. The van der Waals surface area contributed by atoms with Crippen LogP contribution in [0.3, 0.4) is 0 Å². The zero-order valence-corrected chi connectivity index (χ0v) is 8.68. The van der Waals surface area contributed by atoms with Gasteiger partial charge in [-0.2, -0.15) is 11.3 Å². The van der Waals surface area contributed by atoms with Crippen molar-refractivity contribution >= 4 is 17.2 Å². The molecule has 76 valence electrons. The highest BCUT2D eigenvalue weighted by atomic mass is 32.1. The maximum Gasteiger partial charge on any atom is 0.225 e. The minimum absolute atomic E-state index is 0.0636. The summed E-state index contributed by atoms with van der Waals surface area (Å²) in [5.41, 5.74) is 1.17. The van der Waals surface area contributed by atoms with Crippen LogP contribution in [0.25, 0.3) is 0 Å². The van der Waals surface area contributed by atoms with E-state index in [1.165, 1.54) is 5.56 Å². The topological polar surface area (TPSA) is 38.3 Å². The fourth-order valence-corrected chi connectivity index (χ4v) is 2.14. The Hall–Kier alpha value is -0.870. The Morgan fingerprint density at radius 2 is 2.64 bits per heavy atom. The van der Waals surface area contributed by atoms with Crippen molar-refractivity contribution < 1.29 is 9.53 Å². The van der Waals surface area contributed by atoms with E-state index in [-0.39, 0.29) is 11.8 Å². The molecule has 0 aliphatic carbocycles. The molecule has 1 atom stereocenters. The summed E-state index contributed by atoms with van der Waals surface area (Å²) in [4.78, 5) is 11.6. The molecule has 1 aliphatic heterocycles. The zero-order valence-electron chi connectivity index (χ0n) is 7.86. The first-order valence-corrected chi connectivity index (χ1v) is 5.67. The van der Waals surface area contributed by atoms with Crippen molar-refractivity contribution in [2.24, 2.45) is 5.92 Å². The van der Waals surface area contributed by atoms with E-state index in [2.05, 4.69) is 5.32 Å². The van der Waals surface area contributed by atoms with Gasteiger partial charge in [-0.15, -0.1) is 0 Å². The molecule has 1 aromatic rings. The van der Waals surface area contributed by atoms with Crippen molar-refractivity contribution in [3.05, 3.63) is 22.4 Å². The van der Waals surface area contributed by atoms with E-state index in [1.807, 2.05) is 16.8 Å². The summed E-state index contributed by atoms with van der Waals surface area (Å²) in [5, 5.41) is 6.98. The molecule has 1 aromatic heterocycles. The van der Waals surface area contributed by atoms with Crippen molar-refractivity contribution in [3.63, 3.8) is 0 Å². The van der Waals surface area contributed by atoms with Gasteiger partial charge < -0.3 is 10.1 Å². The molecule has 0 bridgehead atoms. The van der Waals surface area contributed by atoms with Crippen LogP contribution >= 0.6 is 11.3 Å². The van der Waals surface area contributed by atoms with Crippen molar-refractivity contribution in [2.45, 2.75) is 13.0 Å². The molecule has 4 heteroatoms. The van der Waals surface area contributed by atoms with E-state index in [0.29, 0.717) is 13.2 Å². The standard InChI is InChI=1S/C10H13NO2S/c12-10(9-1-3-13-6-9)11-5-8-2-4-14-7-8/h2,4,7,9H,1,3,5-6H2,(H,11,12)/t9-/m1/s1. The second-order valence-electron chi connectivity index (χ2n) is 3.41. The van der Waals surface area contributed by atoms with Gasteiger partial charge in [-0.3, -0.25) is 4.79 Å². The molecule has 14 heavy (non-hydrogen) atoms. The fraction of sp³-hybridized carbons (Fsp3) is 0.500. The number of thiophene rings is 1. The van der Waals surface area contributed by atoms with E-state index in [4.69, 9.17) is 4.74 Å². The Kier molecular flexibility index (Phi) is 3.16. The van der Waals surface area contributed by atoms with Gasteiger partial charge in [0.25, 0.3) is 0 Å². The summed E-state index contributed by atoms with van der Waals surface area (Å²) < 4.78 is 5.16. The molecule has 1 aliphatic rings. The normalized spacial score (nSPS) is 21.0. The van der Waals surface area contributed by atoms with E-state index < -0.39 is 0 Å². The zero-order chi connectivity index (χ0) is 9.80. The first-order valence-electron chi connectivity index (χ1n) is 4.73. The predicted octanol–water partition coefficient (Wildman–Crippen LogP) is 1.40. The number of hydrogen-bond donors (Lipinski definition) is 1. The number of amides is 1. The van der Waals surface area contributed by atoms with Gasteiger partial charge in [-0.25, -0.2) is 0 Å². The molecule has 0 unspecified atom stereocenters. The lowest BCUT2D eigenvalue weighted by molar-refractivity contribution is -0.125. The number of ether oxygens (including phenoxy) is 1. The van der Waals surface area contributed by atoms with E-state index >= 15 is 0 Å². The molecule has 1 amide bonds. The molecule has 1 N–H and O–H groups in total. The average molecular weight is 211 g/mol. The second-order valence-corrected chi connectivity index (χ2v) is 4.19. The fourth-order valence-electron chi connectivity index (χ4n) is 1.47. The summed E-state index contributed by atoms with van der Waals surface area (Å²) in [7, 11) is 0. The van der Waals surface area contributed by atoms with E-state index in [1.54, 1.807) is 11.3 Å². The van der Waals surface area contributed by atoms with Crippen LogP contribution < -0.4 is 5.32 Å². The van der Waals surface area contributed by atoms with Crippen LogP contribution in [0.2, 0.25) is 0 Å². The number of rotatable bonds is 3. The van der Waals surface area contributed by atoms with Crippen LogP contribution in [0.4, 0.5) is 0 Å². The van der Waals surface area contributed by atoms with Crippen LogP contribution in [0.15, 0.2) is 16.8 Å². The molecule has 0 spiro atoms. The molecule has 2 heterocycles. The quantitative estimate of drug-likeness (QED) is 0.820. The van der Waals surface area contributed by atoms with Crippen molar-refractivity contribution in [1.82, 2.24) is 5.32 Å². The molecule has 1 saturated heterocycles. The second kappa shape index (κ2) is 4.57. The first-order chi connectivity index (χ1) is 6.86.